The van der Waals surface area contributed by atoms with Crippen LogP contribution in [0.4, 0.5) is 0 Å². The van der Waals surface area contributed by atoms with Gasteiger partial charge in [-0.2, -0.15) is 10.5 Å². The highest BCUT2D eigenvalue weighted by Crippen LogP contribution is 1.91. The highest BCUT2D eigenvalue weighted by molar-refractivity contribution is 8.14. The minimum atomic E-state index is 0.384. The quantitative estimate of drug-likeness (QED) is 0.344. The Balaban J connectivity index is 3.57. The van der Waals surface area contributed by atoms with Crippen molar-refractivity contribution >= 4 is 15.9 Å². The maximum Gasteiger partial charge on any atom is 0.0111 e. The summed E-state index contributed by atoms with van der Waals surface area (Å²) in [5.74, 6) is 5.95. The molecule has 0 aromatic heterocycles. The van der Waals surface area contributed by atoms with Gasteiger partial charge in [-0.05, 0) is 12.5 Å². The van der Waals surface area contributed by atoms with Gasteiger partial charge >= 0.3 is 0 Å². The molecule has 0 nitrogen and oxygen atoms in total. The Morgan fingerprint density at radius 3 is 2.50 bits per heavy atom. The summed E-state index contributed by atoms with van der Waals surface area (Å²) < 4.78 is 0. The number of rotatable bonds is 0. The van der Waals surface area contributed by atoms with Crippen LogP contribution in [0.1, 0.15) is 13.3 Å². The van der Waals surface area contributed by atoms with Gasteiger partial charge in [0.25, 0.3) is 0 Å². The molecule has 0 spiro atoms. The summed E-state index contributed by atoms with van der Waals surface area (Å²) in [6.07, 6.45) is 5.28. The Kier molecular flexibility index (Phi) is 4.79. The lowest BCUT2D eigenvalue weighted by Crippen LogP contribution is -1.64. The van der Waals surface area contributed by atoms with Gasteiger partial charge in [0, 0.05) is 11.8 Å². The van der Waals surface area contributed by atoms with Crippen LogP contribution in [-0.4, -0.2) is 17.9 Å². The number of hydrogen-bond acceptors (Lipinski definition) is 0. The van der Waals surface area contributed by atoms with Crippen LogP contribution in [0, 0.1) is 11.8 Å². The first-order valence-corrected chi connectivity index (χ1v) is 4.76. The van der Waals surface area contributed by atoms with E-state index in [1.807, 2.05) is 5.37 Å². The summed E-state index contributed by atoms with van der Waals surface area (Å²) in [7, 11) is 0.384. The monoisotopic (exact) mass is 128 g/mol. The van der Waals surface area contributed by atoms with Gasteiger partial charge in [-0.1, -0.05) is 18.8 Å². The first kappa shape index (κ1) is 7.78. The van der Waals surface area contributed by atoms with Crippen molar-refractivity contribution in [3.8, 4) is 11.8 Å². The molecular weight excluding hydrogens is 116 g/mol. The minimum Gasteiger partial charge on any atom is -0.184 e. The molecule has 0 aromatic rings. The van der Waals surface area contributed by atoms with Crippen molar-refractivity contribution in [3.05, 3.63) is 0 Å². The molecule has 0 amide bonds. The molecule has 0 unspecified atom stereocenters. The molecule has 0 rings (SSSR count). The lowest BCUT2D eigenvalue weighted by molar-refractivity contribution is 1.28. The summed E-state index contributed by atoms with van der Waals surface area (Å²) in [5, 5.41) is 2.05. The van der Waals surface area contributed by atoms with Gasteiger partial charge in [0.05, 0.1) is 0 Å². The van der Waals surface area contributed by atoms with E-state index in [0.717, 1.165) is 6.42 Å². The average molecular weight is 128 g/mol. The van der Waals surface area contributed by atoms with Crippen molar-refractivity contribution in [2.45, 2.75) is 13.3 Å². The zero-order valence-electron chi connectivity index (χ0n) is 5.69. The van der Waals surface area contributed by atoms with Crippen LogP contribution in [-0.2, 0) is 0 Å². The summed E-state index contributed by atoms with van der Waals surface area (Å²) in [6.45, 7) is 2.06. The molecular formula is C7H12S. The average Bonchev–Trinajstić information content (AvgIpc) is 1.66. The Bertz CT molecular complexity index is 130. The molecule has 0 bridgehead atoms. The second-order valence-corrected chi connectivity index (χ2v) is 3.67. The van der Waals surface area contributed by atoms with Gasteiger partial charge < -0.3 is 0 Å². The van der Waals surface area contributed by atoms with E-state index in [4.69, 9.17) is 0 Å². The molecule has 0 aliphatic rings. The molecule has 0 heterocycles. The maximum atomic E-state index is 2.98. The molecule has 1 heteroatoms. The molecule has 0 fully saturated rings. The van der Waals surface area contributed by atoms with E-state index < -0.39 is 0 Å². The highest BCUT2D eigenvalue weighted by Gasteiger charge is 1.64. The number of hydrogen-bond donors (Lipinski definition) is 0. The third-order valence-corrected chi connectivity index (χ3v) is 1.16. The van der Waals surface area contributed by atoms with Gasteiger partial charge in [-0.25, -0.2) is 0 Å². The van der Waals surface area contributed by atoms with E-state index >= 15 is 0 Å². The van der Waals surface area contributed by atoms with Gasteiger partial charge in [0.15, 0.2) is 0 Å². The minimum absolute atomic E-state index is 0.384. The molecule has 0 saturated carbocycles. The molecule has 46 valence electrons. The standard InChI is InChI=1S/C7H12S/c1-4-5-6-7-8(2)3/h7H,4H2,1-3H3. The van der Waals surface area contributed by atoms with Crippen molar-refractivity contribution in [3.63, 3.8) is 0 Å². The summed E-state index contributed by atoms with van der Waals surface area (Å²) >= 11 is 0. The van der Waals surface area contributed by atoms with Crippen molar-refractivity contribution in [1.82, 2.24) is 0 Å². The summed E-state index contributed by atoms with van der Waals surface area (Å²) in [6, 6.07) is 0. The zero-order valence-corrected chi connectivity index (χ0v) is 6.51. The SMILES string of the molecule is CCC#CC=S(C)C. The third-order valence-electron chi connectivity index (χ3n) is 0.573. The van der Waals surface area contributed by atoms with Crippen molar-refractivity contribution in [2.75, 3.05) is 12.5 Å². The Morgan fingerprint density at radius 1 is 1.50 bits per heavy atom. The second kappa shape index (κ2) is 4.93. The van der Waals surface area contributed by atoms with Crippen LogP contribution in [0.25, 0.3) is 0 Å². The van der Waals surface area contributed by atoms with E-state index in [9.17, 15) is 0 Å². The Labute approximate surface area is 54.2 Å². The predicted molar refractivity (Wildman–Crippen MR) is 43.6 cm³/mol. The Morgan fingerprint density at radius 2 is 2.12 bits per heavy atom. The van der Waals surface area contributed by atoms with Gasteiger partial charge in [0.2, 0.25) is 0 Å². The van der Waals surface area contributed by atoms with E-state index in [1.165, 1.54) is 0 Å². The summed E-state index contributed by atoms with van der Waals surface area (Å²) in [5.41, 5.74) is 0. The maximum absolute atomic E-state index is 2.98. The fraction of sp³-hybridized carbons (Fsp3) is 0.571. The smallest absolute Gasteiger partial charge is 0.0111 e. The van der Waals surface area contributed by atoms with Crippen LogP contribution in [0.3, 0.4) is 0 Å². The molecule has 8 heavy (non-hydrogen) atoms. The van der Waals surface area contributed by atoms with Crippen LogP contribution in [0.5, 0.6) is 0 Å². The molecule has 0 N–H and O–H groups in total. The molecule has 0 radical (unpaired) electrons. The summed E-state index contributed by atoms with van der Waals surface area (Å²) in [4.78, 5) is 0. The third kappa shape index (κ3) is 5.78. The predicted octanol–water partition coefficient (Wildman–Crippen LogP) is 1.73. The molecule has 0 aromatic carbocycles. The second-order valence-electron chi connectivity index (χ2n) is 1.67. The van der Waals surface area contributed by atoms with Gasteiger partial charge in [-0.15, -0.1) is 0 Å². The van der Waals surface area contributed by atoms with E-state index in [1.54, 1.807) is 0 Å². The van der Waals surface area contributed by atoms with Crippen molar-refractivity contribution in [2.24, 2.45) is 0 Å². The fourth-order valence-electron chi connectivity index (χ4n) is 0.262. The van der Waals surface area contributed by atoms with Crippen molar-refractivity contribution in [1.29, 1.82) is 0 Å². The van der Waals surface area contributed by atoms with Crippen LogP contribution in [0.2, 0.25) is 0 Å². The normalized spacial score (nSPS) is 8.00. The van der Waals surface area contributed by atoms with E-state index in [2.05, 4.69) is 31.3 Å². The molecule has 0 aliphatic heterocycles. The van der Waals surface area contributed by atoms with Crippen LogP contribution < -0.4 is 0 Å². The van der Waals surface area contributed by atoms with Crippen LogP contribution in [0.15, 0.2) is 0 Å². The lowest BCUT2D eigenvalue weighted by Gasteiger charge is -1.79. The first-order chi connectivity index (χ1) is 3.77. The molecule has 0 aliphatic carbocycles. The lowest BCUT2D eigenvalue weighted by atomic mass is 10.5. The van der Waals surface area contributed by atoms with Crippen molar-refractivity contribution < 1.29 is 0 Å². The molecule has 0 saturated heterocycles. The molecule has 0 atom stereocenters. The Hall–Kier alpha value is -0.220. The topological polar surface area (TPSA) is 0 Å². The van der Waals surface area contributed by atoms with E-state index in [0.29, 0.717) is 10.5 Å². The van der Waals surface area contributed by atoms with Gasteiger partial charge in [0.1, 0.15) is 0 Å². The van der Waals surface area contributed by atoms with Gasteiger partial charge in [-0.3, -0.25) is 0 Å². The van der Waals surface area contributed by atoms with Crippen LogP contribution >= 0.6 is 10.5 Å². The zero-order chi connectivity index (χ0) is 6.41. The first-order valence-electron chi connectivity index (χ1n) is 2.65. The largest absolute Gasteiger partial charge is 0.184 e. The highest BCUT2D eigenvalue weighted by atomic mass is 32.2. The fourth-order valence-corrected chi connectivity index (χ4v) is 0.581. The van der Waals surface area contributed by atoms with E-state index in [-0.39, 0.29) is 0 Å².